The fourth-order valence-corrected chi connectivity index (χ4v) is 3.35. The van der Waals surface area contributed by atoms with E-state index in [1.807, 2.05) is 25.1 Å². The van der Waals surface area contributed by atoms with E-state index in [0.29, 0.717) is 34.1 Å². The van der Waals surface area contributed by atoms with Crippen molar-refractivity contribution >= 4 is 17.2 Å². The first-order valence-corrected chi connectivity index (χ1v) is 9.57. The highest BCUT2D eigenvalue weighted by Crippen LogP contribution is 2.33. The number of aryl methyl sites for hydroxylation is 1. The maximum absolute atomic E-state index is 12.8. The molecule has 1 amide bonds. The van der Waals surface area contributed by atoms with E-state index in [9.17, 15) is 4.79 Å². The predicted octanol–water partition coefficient (Wildman–Crippen LogP) is 3.98. The van der Waals surface area contributed by atoms with E-state index in [1.165, 1.54) is 0 Å². The van der Waals surface area contributed by atoms with Gasteiger partial charge in [-0.15, -0.1) is 0 Å². The van der Waals surface area contributed by atoms with Gasteiger partial charge in [0.15, 0.2) is 17.1 Å². The van der Waals surface area contributed by atoms with Gasteiger partial charge in [-0.2, -0.15) is 5.10 Å². The van der Waals surface area contributed by atoms with Crippen LogP contribution < -0.4 is 19.5 Å². The molecule has 0 aliphatic carbocycles. The Hall–Kier alpha value is -4.07. The Morgan fingerprint density at radius 2 is 1.68 bits per heavy atom. The van der Waals surface area contributed by atoms with Gasteiger partial charge in [0.25, 0.3) is 5.91 Å². The quantitative estimate of drug-likeness (QED) is 0.510. The number of rotatable bonds is 6. The minimum atomic E-state index is -0.264. The summed E-state index contributed by atoms with van der Waals surface area (Å²) in [6, 6.07) is 12.7. The Balaban J connectivity index is 1.67. The van der Waals surface area contributed by atoms with E-state index in [0.717, 1.165) is 16.9 Å². The highest BCUT2D eigenvalue weighted by Gasteiger charge is 2.17. The van der Waals surface area contributed by atoms with Crippen LogP contribution in [0.3, 0.4) is 0 Å². The summed E-state index contributed by atoms with van der Waals surface area (Å²) in [6.07, 6.45) is 3.29. The second-order valence-corrected chi connectivity index (χ2v) is 6.80. The number of hydrogen-bond donors (Lipinski definition) is 1. The van der Waals surface area contributed by atoms with Crippen LogP contribution in [0, 0.1) is 6.92 Å². The molecule has 2 aromatic carbocycles. The van der Waals surface area contributed by atoms with Crippen molar-refractivity contribution in [3.8, 4) is 28.4 Å². The molecule has 158 valence electrons. The summed E-state index contributed by atoms with van der Waals surface area (Å²) >= 11 is 0. The standard InChI is InChI=1S/C23H22N4O4/c1-14-18(23(28)26-16-6-8-17(29-2)9-7-16)12-24-22-19(13-25-27(14)22)15-5-10-20(30-3)21(11-15)31-4/h5-13H,1-4H3,(H,26,28). The summed E-state index contributed by atoms with van der Waals surface area (Å²) in [6.45, 7) is 1.84. The number of carbonyl (C=O) groups excluding carboxylic acids is 1. The average molecular weight is 418 g/mol. The zero-order valence-electron chi connectivity index (χ0n) is 17.7. The average Bonchev–Trinajstić information content (AvgIpc) is 3.24. The van der Waals surface area contributed by atoms with Gasteiger partial charge in [-0.1, -0.05) is 6.07 Å². The normalized spacial score (nSPS) is 10.7. The van der Waals surface area contributed by atoms with E-state index in [1.54, 1.807) is 62.5 Å². The van der Waals surface area contributed by atoms with Crippen molar-refractivity contribution < 1.29 is 19.0 Å². The van der Waals surface area contributed by atoms with Crippen molar-refractivity contribution in [1.29, 1.82) is 0 Å². The van der Waals surface area contributed by atoms with Crippen molar-refractivity contribution in [1.82, 2.24) is 14.6 Å². The number of nitrogens with zero attached hydrogens (tertiary/aromatic N) is 3. The first-order valence-electron chi connectivity index (χ1n) is 9.57. The van der Waals surface area contributed by atoms with Gasteiger partial charge in [0.2, 0.25) is 0 Å². The smallest absolute Gasteiger partial charge is 0.259 e. The summed E-state index contributed by atoms with van der Waals surface area (Å²) in [5, 5.41) is 7.33. The molecular weight excluding hydrogens is 396 g/mol. The van der Waals surface area contributed by atoms with Gasteiger partial charge in [-0.25, -0.2) is 9.50 Å². The lowest BCUT2D eigenvalue weighted by atomic mass is 10.1. The van der Waals surface area contributed by atoms with Crippen molar-refractivity contribution in [2.75, 3.05) is 26.6 Å². The fraction of sp³-hybridized carbons (Fsp3) is 0.174. The van der Waals surface area contributed by atoms with Crippen LogP contribution in [0.5, 0.6) is 17.2 Å². The molecule has 31 heavy (non-hydrogen) atoms. The number of carbonyl (C=O) groups is 1. The molecule has 8 nitrogen and oxygen atoms in total. The predicted molar refractivity (Wildman–Crippen MR) is 117 cm³/mol. The molecule has 0 atom stereocenters. The van der Waals surface area contributed by atoms with Crippen molar-refractivity contribution in [2.24, 2.45) is 0 Å². The first kappa shape index (κ1) is 20.2. The topological polar surface area (TPSA) is 87.0 Å². The van der Waals surface area contributed by atoms with Gasteiger partial charge in [0, 0.05) is 17.4 Å². The highest BCUT2D eigenvalue weighted by molar-refractivity contribution is 6.05. The van der Waals surface area contributed by atoms with Gasteiger partial charge in [-0.3, -0.25) is 4.79 Å². The summed E-state index contributed by atoms with van der Waals surface area (Å²) in [5.74, 6) is 1.72. The van der Waals surface area contributed by atoms with Gasteiger partial charge < -0.3 is 19.5 Å². The van der Waals surface area contributed by atoms with Crippen LogP contribution in [0.15, 0.2) is 54.9 Å². The van der Waals surface area contributed by atoms with Gasteiger partial charge in [0.05, 0.1) is 38.8 Å². The van der Waals surface area contributed by atoms with Crippen molar-refractivity contribution in [3.63, 3.8) is 0 Å². The second-order valence-electron chi connectivity index (χ2n) is 6.80. The Bertz CT molecular complexity index is 1250. The van der Waals surface area contributed by atoms with Crippen LogP contribution in [0.25, 0.3) is 16.8 Å². The number of methoxy groups -OCH3 is 3. The van der Waals surface area contributed by atoms with Crippen molar-refractivity contribution in [2.45, 2.75) is 6.92 Å². The third-order valence-corrected chi connectivity index (χ3v) is 5.05. The molecule has 0 saturated heterocycles. The zero-order valence-corrected chi connectivity index (χ0v) is 17.7. The van der Waals surface area contributed by atoms with Gasteiger partial charge in [0.1, 0.15) is 5.75 Å². The van der Waals surface area contributed by atoms with Crippen LogP contribution in [0.2, 0.25) is 0 Å². The van der Waals surface area contributed by atoms with Gasteiger partial charge >= 0.3 is 0 Å². The van der Waals surface area contributed by atoms with E-state index in [4.69, 9.17) is 14.2 Å². The fourth-order valence-electron chi connectivity index (χ4n) is 3.35. The third kappa shape index (κ3) is 3.75. The Labute approximate surface area is 179 Å². The molecule has 0 fully saturated rings. The molecule has 4 aromatic rings. The largest absolute Gasteiger partial charge is 0.497 e. The van der Waals surface area contributed by atoms with Crippen molar-refractivity contribution in [3.05, 3.63) is 66.1 Å². The van der Waals surface area contributed by atoms with E-state index >= 15 is 0 Å². The lowest BCUT2D eigenvalue weighted by Gasteiger charge is -2.10. The highest BCUT2D eigenvalue weighted by atomic mass is 16.5. The number of anilines is 1. The lowest BCUT2D eigenvalue weighted by molar-refractivity contribution is 0.102. The number of nitrogens with one attached hydrogen (secondary N) is 1. The SMILES string of the molecule is COc1ccc(NC(=O)c2cnc3c(-c4ccc(OC)c(OC)c4)cnn3c2C)cc1. The van der Waals surface area contributed by atoms with Crippen LogP contribution >= 0.6 is 0 Å². The summed E-state index contributed by atoms with van der Waals surface area (Å²) in [7, 11) is 4.78. The lowest BCUT2D eigenvalue weighted by Crippen LogP contribution is -2.16. The molecule has 0 bridgehead atoms. The number of hydrogen-bond acceptors (Lipinski definition) is 6. The van der Waals surface area contributed by atoms with Gasteiger partial charge in [-0.05, 0) is 48.9 Å². The second kappa shape index (κ2) is 8.35. The first-order chi connectivity index (χ1) is 15.0. The molecule has 0 spiro atoms. The molecule has 0 radical (unpaired) electrons. The van der Waals surface area contributed by atoms with E-state index in [-0.39, 0.29) is 5.91 Å². The number of amides is 1. The van der Waals surface area contributed by atoms with Crippen LogP contribution in [-0.2, 0) is 0 Å². The van der Waals surface area contributed by atoms with Crippen LogP contribution in [0.1, 0.15) is 16.1 Å². The summed E-state index contributed by atoms with van der Waals surface area (Å²) < 4.78 is 17.5. The molecule has 0 aliphatic heterocycles. The number of fused-ring (bicyclic) bond motifs is 1. The molecule has 1 N–H and O–H groups in total. The Morgan fingerprint density at radius 1 is 0.935 bits per heavy atom. The molecule has 2 aromatic heterocycles. The molecular formula is C23H22N4O4. The summed E-state index contributed by atoms with van der Waals surface area (Å²) in [5.41, 5.74) is 4.14. The van der Waals surface area contributed by atoms with Crippen LogP contribution in [0.4, 0.5) is 5.69 Å². The number of ether oxygens (including phenoxy) is 3. The molecule has 2 heterocycles. The molecule has 0 saturated carbocycles. The minimum Gasteiger partial charge on any atom is -0.497 e. The maximum Gasteiger partial charge on any atom is 0.259 e. The molecule has 0 unspecified atom stereocenters. The Morgan fingerprint density at radius 3 is 2.35 bits per heavy atom. The zero-order chi connectivity index (χ0) is 22.0. The van der Waals surface area contributed by atoms with E-state index in [2.05, 4.69) is 15.4 Å². The third-order valence-electron chi connectivity index (χ3n) is 5.05. The number of aromatic nitrogens is 3. The summed E-state index contributed by atoms with van der Waals surface area (Å²) in [4.78, 5) is 17.3. The monoisotopic (exact) mass is 418 g/mol. The number of benzene rings is 2. The Kier molecular flexibility index (Phi) is 5.44. The minimum absolute atomic E-state index is 0.264. The molecule has 4 rings (SSSR count). The molecule has 0 aliphatic rings. The molecule has 8 heteroatoms. The van der Waals surface area contributed by atoms with Crippen LogP contribution in [-0.4, -0.2) is 41.8 Å². The van der Waals surface area contributed by atoms with E-state index < -0.39 is 0 Å². The maximum atomic E-state index is 12.8.